The number of rotatable bonds is 21. The van der Waals surface area contributed by atoms with Crippen molar-refractivity contribution in [2.45, 2.75) is 130 Å². The summed E-state index contributed by atoms with van der Waals surface area (Å²) in [6.07, 6.45) is 17.2. The van der Waals surface area contributed by atoms with Crippen LogP contribution in [0.2, 0.25) is 0 Å². The molecule has 0 radical (unpaired) electrons. The zero-order chi connectivity index (χ0) is 25.6. The minimum absolute atomic E-state index is 0.0289. The van der Waals surface area contributed by atoms with Gasteiger partial charge in [-0.25, -0.2) is 4.18 Å². The van der Waals surface area contributed by atoms with Crippen molar-refractivity contribution in [3.63, 3.8) is 0 Å². The van der Waals surface area contributed by atoms with Crippen LogP contribution in [-0.4, -0.2) is 44.6 Å². The van der Waals surface area contributed by atoms with Crippen LogP contribution in [0.4, 0.5) is 0 Å². The molecular weight excluding hydrogens is 440 g/mol. The number of Topliss-reactive ketones (excluding diaryl/α,β-unsaturated/α-hetero) is 1. The van der Waals surface area contributed by atoms with Gasteiger partial charge in [-0.1, -0.05) is 85.0 Å². The second kappa shape index (κ2) is 22.0. The Morgan fingerprint density at radius 2 is 1.39 bits per heavy atom. The smallest absolute Gasteiger partial charge is 0.303 e. The summed E-state index contributed by atoms with van der Waals surface area (Å²) in [7, 11) is -2.21. The van der Waals surface area contributed by atoms with Crippen molar-refractivity contribution in [1.29, 1.82) is 0 Å². The van der Waals surface area contributed by atoms with Gasteiger partial charge in [-0.2, -0.15) is 8.42 Å². The first kappa shape index (κ1) is 34.6. The maximum atomic E-state index is 11.9. The highest BCUT2D eigenvalue weighted by Gasteiger charge is 2.17. The molecule has 0 rings (SSSR count). The molecule has 0 spiro atoms. The van der Waals surface area contributed by atoms with Crippen molar-refractivity contribution < 1.29 is 21.9 Å². The van der Waals surface area contributed by atoms with Gasteiger partial charge in [0.05, 0.1) is 12.3 Å². The molecule has 0 aliphatic carbocycles. The Bertz CT molecular complexity index is 549. The lowest BCUT2D eigenvalue weighted by atomic mass is 10.0. The number of nitrogens with one attached hydrogen (secondary N) is 2. The predicted octanol–water partition coefficient (Wildman–Crippen LogP) is 6.04. The molecule has 0 heterocycles. The van der Waals surface area contributed by atoms with Crippen LogP contribution in [0.5, 0.6) is 0 Å². The molecule has 0 aromatic heterocycles. The fraction of sp³-hybridized carbons (Fsp3) is 0.960. The zero-order valence-corrected chi connectivity index (χ0v) is 23.2. The second-order valence-electron chi connectivity index (χ2n) is 9.45. The molecule has 1 unspecified atom stereocenters. The molecule has 8 heteroatoms. The van der Waals surface area contributed by atoms with Crippen LogP contribution in [0.3, 0.4) is 0 Å². The molecule has 0 saturated carbocycles. The van der Waals surface area contributed by atoms with Crippen molar-refractivity contribution in [3.8, 4) is 0 Å². The molecule has 7 nitrogen and oxygen atoms in total. The summed E-state index contributed by atoms with van der Waals surface area (Å²) in [5.74, 6) is 1.27. The summed E-state index contributed by atoms with van der Waals surface area (Å²) in [4.78, 5) is 11.9. The van der Waals surface area contributed by atoms with Crippen LogP contribution in [0, 0.1) is 5.92 Å². The Kier molecular flexibility index (Phi) is 23.0. The summed E-state index contributed by atoms with van der Waals surface area (Å²) in [6, 6.07) is 0. The summed E-state index contributed by atoms with van der Waals surface area (Å²) < 4.78 is 30.7. The molecule has 0 amide bonds. The maximum Gasteiger partial charge on any atom is 0.397 e. The average Bonchev–Trinajstić information content (AvgIpc) is 2.73. The van der Waals surface area contributed by atoms with E-state index >= 15 is 0 Å². The van der Waals surface area contributed by atoms with Crippen LogP contribution >= 0.6 is 0 Å². The molecule has 0 aliphatic rings. The van der Waals surface area contributed by atoms with Gasteiger partial charge in [-0.15, -0.1) is 0 Å². The number of carbonyl (C=O) groups excluding carboxylic acids is 1. The SMILES string of the molecule is CCC(C)(NC)NCCC(=O)CCCCCCCCCCCCC(C)C.CCOS(=O)(=O)O. The van der Waals surface area contributed by atoms with Gasteiger partial charge in [-0.3, -0.25) is 14.7 Å². The van der Waals surface area contributed by atoms with Crippen LogP contribution in [0.1, 0.15) is 125 Å². The van der Waals surface area contributed by atoms with Crippen molar-refractivity contribution in [1.82, 2.24) is 10.6 Å². The molecule has 0 aromatic rings. The predicted molar refractivity (Wildman–Crippen MR) is 139 cm³/mol. The Balaban J connectivity index is 0. The van der Waals surface area contributed by atoms with Gasteiger partial charge in [0.25, 0.3) is 0 Å². The van der Waals surface area contributed by atoms with Gasteiger partial charge in [0.2, 0.25) is 0 Å². The minimum atomic E-state index is -4.17. The van der Waals surface area contributed by atoms with Gasteiger partial charge < -0.3 is 5.32 Å². The standard InChI is InChI=1S/C23H48N2O.C2H6O4S/c1-6-23(4,24-5)25-20-19-22(26)18-16-14-12-10-8-7-9-11-13-15-17-21(2)3;1-2-6-7(3,4)5/h21,24-25H,6-20H2,1-5H3;2H2,1H3,(H,3,4,5). The highest BCUT2D eigenvalue weighted by Crippen LogP contribution is 2.14. The third-order valence-electron chi connectivity index (χ3n) is 5.93. The molecule has 0 fully saturated rings. The van der Waals surface area contributed by atoms with E-state index < -0.39 is 10.4 Å². The summed E-state index contributed by atoms with van der Waals surface area (Å²) in [6.45, 7) is 11.1. The number of ketones is 1. The molecule has 0 aliphatic heterocycles. The topological polar surface area (TPSA) is 105 Å². The van der Waals surface area contributed by atoms with Gasteiger partial charge in [0, 0.05) is 19.4 Å². The van der Waals surface area contributed by atoms with Crippen LogP contribution < -0.4 is 10.6 Å². The van der Waals surface area contributed by atoms with E-state index in [0.717, 1.165) is 31.7 Å². The lowest BCUT2D eigenvalue weighted by Gasteiger charge is -2.29. The second-order valence-corrected chi connectivity index (χ2v) is 10.5. The summed E-state index contributed by atoms with van der Waals surface area (Å²) in [5, 5.41) is 6.72. The number of carbonyl (C=O) groups is 1. The molecule has 33 heavy (non-hydrogen) atoms. The average molecular weight is 495 g/mol. The zero-order valence-electron chi connectivity index (χ0n) is 22.4. The quantitative estimate of drug-likeness (QED) is 0.101. The van der Waals surface area contributed by atoms with Crippen LogP contribution in [0.25, 0.3) is 0 Å². The van der Waals surface area contributed by atoms with Crippen molar-refractivity contribution >= 4 is 16.2 Å². The fourth-order valence-corrected chi connectivity index (χ4v) is 3.73. The monoisotopic (exact) mass is 494 g/mol. The van der Waals surface area contributed by atoms with E-state index in [9.17, 15) is 13.2 Å². The summed E-state index contributed by atoms with van der Waals surface area (Å²) in [5.41, 5.74) is -0.0469. The fourth-order valence-electron chi connectivity index (χ4n) is 3.43. The molecule has 200 valence electrons. The van der Waals surface area contributed by atoms with E-state index in [-0.39, 0.29) is 12.3 Å². The van der Waals surface area contributed by atoms with Gasteiger partial charge in [0.15, 0.2) is 0 Å². The molecule has 3 N–H and O–H groups in total. The van der Waals surface area contributed by atoms with Gasteiger partial charge >= 0.3 is 10.4 Å². The Labute approximate surface area is 205 Å². The van der Waals surface area contributed by atoms with Crippen molar-refractivity contribution in [2.24, 2.45) is 5.92 Å². The number of hydrogen-bond acceptors (Lipinski definition) is 6. The Morgan fingerprint density at radius 1 is 0.909 bits per heavy atom. The van der Waals surface area contributed by atoms with Crippen molar-refractivity contribution in [2.75, 3.05) is 20.2 Å². The minimum Gasteiger partial charge on any atom is -0.303 e. The van der Waals surface area contributed by atoms with Crippen molar-refractivity contribution in [3.05, 3.63) is 0 Å². The van der Waals surface area contributed by atoms with E-state index in [2.05, 4.69) is 42.5 Å². The van der Waals surface area contributed by atoms with E-state index in [1.165, 1.54) is 71.1 Å². The Hall–Kier alpha value is -0.540. The molecule has 0 aromatic carbocycles. The first-order valence-corrected chi connectivity index (χ1v) is 14.4. The molecule has 1 atom stereocenters. The van der Waals surface area contributed by atoms with Gasteiger partial charge in [-0.05, 0) is 39.7 Å². The number of unbranched alkanes of at least 4 members (excludes halogenated alkanes) is 9. The largest absolute Gasteiger partial charge is 0.397 e. The third kappa shape index (κ3) is 27.6. The lowest BCUT2D eigenvalue weighted by Crippen LogP contribution is -2.52. The van der Waals surface area contributed by atoms with E-state index in [4.69, 9.17) is 4.55 Å². The molecule has 0 bridgehead atoms. The lowest BCUT2D eigenvalue weighted by molar-refractivity contribution is -0.119. The summed E-state index contributed by atoms with van der Waals surface area (Å²) >= 11 is 0. The first-order valence-electron chi connectivity index (χ1n) is 13.1. The van der Waals surface area contributed by atoms with Crippen LogP contribution in [0.15, 0.2) is 0 Å². The number of hydrogen-bond donors (Lipinski definition) is 3. The highest BCUT2D eigenvalue weighted by molar-refractivity contribution is 7.80. The van der Waals surface area contributed by atoms with E-state index in [1.807, 2.05) is 7.05 Å². The maximum absolute atomic E-state index is 11.9. The van der Waals surface area contributed by atoms with E-state index in [1.54, 1.807) is 0 Å². The van der Waals surface area contributed by atoms with Crippen LogP contribution in [-0.2, 0) is 19.4 Å². The normalized spacial score (nSPS) is 13.5. The first-order chi connectivity index (χ1) is 15.5. The Morgan fingerprint density at radius 3 is 1.76 bits per heavy atom. The van der Waals surface area contributed by atoms with E-state index in [0.29, 0.717) is 12.2 Å². The molecule has 0 saturated heterocycles. The molecular formula is C25H54N2O5S. The van der Waals surface area contributed by atoms with Gasteiger partial charge in [0.1, 0.15) is 5.78 Å². The highest BCUT2D eigenvalue weighted by atomic mass is 32.3. The third-order valence-corrected chi connectivity index (χ3v) is 6.47.